The van der Waals surface area contributed by atoms with Gasteiger partial charge in [-0.05, 0) is 25.1 Å². The third-order valence-electron chi connectivity index (χ3n) is 3.85. The minimum absolute atomic E-state index is 0.272. The van der Waals surface area contributed by atoms with Crippen molar-refractivity contribution >= 4 is 21.9 Å². The van der Waals surface area contributed by atoms with Gasteiger partial charge < -0.3 is 9.52 Å². The highest BCUT2D eigenvalue weighted by molar-refractivity contribution is 6.09. The topological polar surface area (TPSA) is 33.4 Å². The second kappa shape index (κ2) is 4.38. The fourth-order valence-electron chi connectivity index (χ4n) is 2.82. The van der Waals surface area contributed by atoms with E-state index in [1.165, 1.54) is 0 Å². The van der Waals surface area contributed by atoms with Gasteiger partial charge in [0.1, 0.15) is 16.9 Å². The van der Waals surface area contributed by atoms with Crippen LogP contribution in [0.2, 0.25) is 0 Å². The van der Waals surface area contributed by atoms with Gasteiger partial charge in [-0.25, -0.2) is 0 Å². The van der Waals surface area contributed by atoms with Gasteiger partial charge in [-0.3, -0.25) is 0 Å². The molecular weight excluding hydrogens is 260 g/mol. The molecule has 0 aliphatic rings. The SMILES string of the molecule is Cc1ccc(O)c(-c2cccc3c2oc2ccccc23)c1. The van der Waals surface area contributed by atoms with Gasteiger partial charge in [0.2, 0.25) is 0 Å². The molecule has 0 aliphatic carbocycles. The zero-order chi connectivity index (χ0) is 14.4. The average molecular weight is 274 g/mol. The standard InChI is InChI=1S/C19H14O2/c1-12-9-10-17(20)16(11-12)15-7-4-6-14-13-5-2-3-8-18(13)21-19(14)15/h2-11,20H,1H3. The highest BCUT2D eigenvalue weighted by Crippen LogP contribution is 2.38. The Bertz CT molecular complexity index is 964. The summed E-state index contributed by atoms with van der Waals surface area (Å²) in [5.41, 5.74) is 4.52. The number of rotatable bonds is 1. The van der Waals surface area contributed by atoms with Gasteiger partial charge in [0.25, 0.3) is 0 Å². The molecule has 21 heavy (non-hydrogen) atoms. The molecule has 4 aromatic rings. The van der Waals surface area contributed by atoms with Gasteiger partial charge in [-0.1, -0.05) is 48.0 Å². The Morgan fingerprint density at radius 1 is 0.810 bits per heavy atom. The van der Waals surface area contributed by atoms with Crippen LogP contribution in [-0.4, -0.2) is 5.11 Å². The van der Waals surface area contributed by atoms with E-state index in [-0.39, 0.29) is 5.75 Å². The minimum atomic E-state index is 0.272. The third-order valence-corrected chi connectivity index (χ3v) is 3.85. The maximum absolute atomic E-state index is 10.2. The number of furan rings is 1. The quantitative estimate of drug-likeness (QED) is 0.513. The van der Waals surface area contributed by atoms with Crippen LogP contribution in [0, 0.1) is 6.92 Å². The summed E-state index contributed by atoms with van der Waals surface area (Å²) < 4.78 is 6.02. The number of phenols is 1. The van der Waals surface area contributed by atoms with Crippen molar-refractivity contribution in [3.8, 4) is 16.9 Å². The summed E-state index contributed by atoms with van der Waals surface area (Å²) in [5.74, 6) is 0.272. The van der Waals surface area contributed by atoms with Crippen LogP contribution in [-0.2, 0) is 0 Å². The van der Waals surface area contributed by atoms with Crippen LogP contribution in [0.4, 0.5) is 0 Å². The summed E-state index contributed by atoms with van der Waals surface area (Å²) in [6, 6.07) is 19.7. The molecular formula is C19H14O2. The molecule has 2 heteroatoms. The van der Waals surface area contributed by atoms with Crippen molar-refractivity contribution < 1.29 is 9.52 Å². The Balaban J connectivity index is 2.12. The minimum Gasteiger partial charge on any atom is -0.507 e. The number of aryl methyl sites for hydroxylation is 1. The summed E-state index contributed by atoms with van der Waals surface area (Å²) in [6.45, 7) is 2.02. The number of phenolic OH excluding ortho intramolecular Hbond substituents is 1. The number of hydrogen-bond donors (Lipinski definition) is 1. The van der Waals surface area contributed by atoms with Gasteiger partial charge in [-0.2, -0.15) is 0 Å². The molecule has 102 valence electrons. The molecule has 0 saturated carbocycles. The van der Waals surface area contributed by atoms with E-state index in [4.69, 9.17) is 4.42 Å². The lowest BCUT2D eigenvalue weighted by Gasteiger charge is -2.06. The molecule has 0 aliphatic heterocycles. The molecule has 4 rings (SSSR count). The highest BCUT2D eigenvalue weighted by atomic mass is 16.3. The van der Waals surface area contributed by atoms with Crippen molar-refractivity contribution in [3.63, 3.8) is 0 Å². The van der Waals surface area contributed by atoms with Gasteiger partial charge >= 0.3 is 0 Å². The van der Waals surface area contributed by atoms with Crippen molar-refractivity contribution in [1.29, 1.82) is 0 Å². The van der Waals surface area contributed by atoms with E-state index in [0.717, 1.165) is 38.6 Å². The molecule has 0 saturated heterocycles. The Morgan fingerprint density at radius 3 is 2.52 bits per heavy atom. The maximum atomic E-state index is 10.2. The van der Waals surface area contributed by atoms with E-state index in [9.17, 15) is 5.11 Å². The third kappa shape index (κ3) is 1.80. The molecule has 1 heterocycles. The molecule has 0 fully saturated rings. The number of hydrogen-bond acceptors (Lipinski definition) is 2. The fourth-order valence-corrected chi connectivity index (χ4v) is 2.82. The molecule has 2 nitrogen and oxygen atoms in total. The van der Waals surface area contributed by atoms with E-state index in [0.29, 0.717) is 0 Å². The second-order valence-electron chi connectivity index (χ2n) is 5.30. The van der Waals surface area contributed by atoms with E-state index >= 15 is 0 Å². The number of aromatic hydroxyl groups is 1. The van der Waals surface area contributed by atoms with Crippen molar-refractivity contribution in [1.82, 2.24) is 0 Å². The van der Waals surface area contributed by atoms with E-state index in [1.54, 1.807) is 6.07 Å². The molecule has 0 atom stereocenters. The monoisotopic (exact) mass is 274 g/mol. The van der Waals surface area contributed by atoms with Gasteiger partial charge in [0.15, 0.2) is 0 Å². The Hall–Kier alpha value is -2.74. The summed E-state index contributed by atoms with van der Waals surface area (Å²) in [6.07, 6.45) is 0. The lowest BCUT2D eigenvalue weighted by Crippen LogP contribution is -1.82. The maximum Gasteiger partial charge on any atom is 0.143 e. The zero-order valence-electron chi connectivity index (χ0n) is 11.6. The normalized spacial score (nSPS) is 11.3. The van der Waals surface area contributed by atoms with E-state index in [2.05, 4.69) is 12.1 Å². The Labute approximate surface area is 122 Å². The highest BCUT2D eigenvalue weighted by Gasteiger charge is 2.13. The summed E-state index contributed by atoms with van der Waals surface area (Å²) in [4.78, 5) is 0. The van der Waals surface area contributed by atoms with Gasteiger partial charge in [0.05, 0.1) is 0 Å². The predicted molar refractivity (Wildman–Crippen MR) is 85.6 cm³/mol. The molecule has 1 aromatic heterocycles. The number of fused-ring (bicyclic) bond motifs is 3. The fraction of sp³-hybridized carbons (Fsp3) is 0.0526. The Kier molecular flexibility index (Phi) is 2.51. The second-order valence-corrected chi connectivity index (χ2v) is 5.30. The first-order valence-electron chi connectivity index (χ1n) is 6.94. The summed E-state index contributed by atoms with van der Waals surface area (Å²) in [7, 11) is 0. The lowest BCUT2D eigenvalue weighted by molar-refractivity contribution is 0.477. The first-order chi connectivity index (χ1) is 10.2. The molecule has 1 N–H and O–H groups in total. The number of benzene rings is 3. The van der Waals surface area contributed by atoms with Crippen molar-refractivity contribution in [2.24, 2.45) is 0 Å². The van der Waals surface area contributed by atoms with Crippen molar-refractivity contribution in [2.45, 2.75) is 6.92 Å². The summed E-state index contributed by atoms with van der Waals surface area (Å²) in [5, 5.41) is 12.4. The van der Waals surface area contributed by atoms with Crippen molar-refractivity contribution in [3.05, 3.63) is 66.2 Å². The van der Waals surface area contributed by atoms with Crippen LogP contribution in [0.15, 0.2) is 65.1 Å². The molecule has 3 aromatic carbocycles. The molecule has 0 spiro atoms. The van der Waals surface area contributed by atoms with Crippen LogP contribution in [0.5, 0.6) is 5.75 Å². The smallest absolute Gasteiger partial charge is 0.143 e. The zero-order valence-corrected chi connectivity index (χ0v) is 11.6. The van der Waals surface area contributed by atoms with E-state index < -0.39 is 0 Å². The van der Waals surface area contributed by atoms with Crippen molar-refractivity contribution in [2.75, 3.05) is 0 Å². The van der Waals surface area contributed by atoms with Crippen LogP contribution >= 0.6 is 0 Å². The predicted octanol–water partition coefficient (Wildman–Crippen LogP) is 5.27. The Morgan fingerprint density at radius 2 is 1.62 bits per heavy atom. The molecule has 0 unspecified atom stereocenters. The van der Waals surface area contributed by atoms with Crippen LogP contribution in [0.3, 0.4) is 0 Å². The van der Waals surface area contributed by atoms with Gasteiger partial charge in [-0.15, -0.1) is 0 Å². The molecule has 0 bridgehead atoms. The summed E-state index contributed by atoms with van der Waals surface area (Å²) >= 11 is 0. The van der Waals surface area contributed by atoms with Gasteiger partial charge in [0, 0.05) is 21.9 Å². The number of para-hydroxylation sites is 2. The van der Waals surface area contributed by atoms with Crippen LogP contribution < -0.4 is 0 Å². The largest absolute Gasteiger partial charge is 0.507 e. The lowest BCUT2D eigenvalue weighted by atomic mass is 10.00. The average Bonchev–Trinajstić information content (AvgIpc) is 2.88. The van der Waals surface area contributed by atoms with Crippen LogP contribution in [0.1, 0.15) is 5.56 Å². The molecule has 0 radical (unpaired) electrons. The molecule has 0 amide bonds. The van der Waals surface area contributed by atoms with E-state index in [1.807, 2.05) is 49.4 Å². The van der Waals surface area contributed by atoms with Crippen LogP contribution in [0.25, 0.3) is 33.1 Å². The first-order valence-corrected chi connectivity index (χ1v) is 6.94. The first kappa shape index (κ1) is 12.0.